The molecule has 0 aliphatic heterocycles. The fourth-order valence-corrected chi connectivity index (χ4v) is 3.01. The van der Waals surface area contributed by atoms with Gasteiger partial charge in [-0.2, -0.15) is 0 Å². The number of rotatable bonds is 12. The lowest BCUT2D eigenvalue weighted by molar-refractivity contribution is -0.143. The topological polar surface area (TPSA) is 71.1 Å². The maximum Gasteiger partial charge on any atom is 0.333 e. The predicted molar refractivity (Wildman–Crippen MR) is 128 cm³/mol. The number of ether oxygens (including phenoxy) is 4. The molecule has 0 aliphatic rings. The van der Waals surface area contributed by atoms with Crippen LogP contribution in [0.15, 0.2) is 73.3 Å². The van der Waals surface area contributed by atoms with E-state index in [2.05, 4.69) is 27.0 Å². The van der Waals surface area contributed by atoms with E-state index in [9.17, 15) is 9.59 Å². The Bertz CT molecular complexity index is 957. The van der Waals surface area contributed by atoms with Crippen molar-refractivity contribution in [2.24, 2.45) is 0 Å². The van der Waals surface area contributed by atoms with Crippen LogP contribution in [0.5, 0.6) is 11.5 Å². The first-order valence-corrected chi connectivity index (χ1v) is 10.8. The van der Waals surface area contributed by atoms with Crippen LogP contribution in [0.4, 0.5) is 0 Å². The van der Waals surface area contributed by atoms with Gasteiger partial charge in [-0.25, -0.2) is 9.59 Å². The highest BCUT2D eigenvalue weighted by atomic mass is 16.6. The van der Waals surface area contributed by atoms with Gasteiger partial charge in [-0.1, -0.05) is 51.3 Å². The molecule has 2 rings (SSSR count). The maximum atomic E-state index is 11.4. The molecule has 0 heterocycles. The monoisotopic (exact) mass is 452 g/mol. The molecule has 6 heteroatoms. The molecule has 0 saturated heterocycles. The van der Waals surface area contributed by atoms with Gasteiger partial charge >= 0.3 is 11.9 Å². The molecule has 0 N–H and O–H groups in total. The lowest BCUT2D eigenvalue weighted by atomic mass is 9.78. The molecule has 0 bridgehead atoms. The summed E-state index contributed by atoms with van der Waals surface area (Å²) in [6.45, 7) is 15.3. The van der Waals surface area contributed by atoms with Gasteiger partial charge in [0.05, 0.1) is 0 Å². The second kappa shape index (κ2) is 11.9. The molecule has 0 fully saturated rings. The van der Waals surface area contributed by atoms with Crippen molar-refractivity contribution < 1.29 is 28.5 Å². The highest BCUT2D eigenvalue weighted by Crippen LogP contribution is 2.33. The van der Waals surface area contributed by atoms with Crippen molar-refractivity contribution in [3.63, 3.8) is 0 Å². The summed E-state index contributed by atoms with van der Waals surface area (Å²) in [5.74, 6) is 0.520. The van der Waals surface area contributed by atoms with Gasteiger partial charge in [-0.05, 0) is 49.2 Å². The first kappa shape index (κ1) is 25.7. The van der Waals surface area contributed by atoms with Crippen molar-refractivity contribution in [2.45, 2.75) is 39.2 Å². The van der Waals surface area contributed by atoms with Gasteiger partial charge in [0.15, 0.2) is 0 Å². The Morgan fingerprint density at radius 2 is 1.45 bits per heavy atom. The fraction of sp³-hybridized carbons (Fsp3) is 0.333. The second-order valence-electron chi connectivity index (χ2n) is 8.20. The normalized spacial score (nSPS) is 11.8. The van der Waals surface area contributed by atoms with E-state index in [1.165, 1.54) is 0 Å². The zero-order chi connectivity index (χ0) is 24.4. The van der Waals surface area contributed by atoms with Crippen molar-refractivity contribution in [1.82, 2.24) is 0 Å². The Balaban J connectivity index is 1.91. The average Bonchev–Trinajstić information content (AvgIpc) is 2.80. The van der Waals surface area contributed by atoms with Crippen LogP contribution in [0, 0.1) is 0 Å². The van der Waals surface area contributed by atoms with E-state index in [1.54, 1.807) is 13.8 Å². The number of carbonyl (C=O) groups is 2. The van der Waals surface area contributed by atoms with E-state index in [4.69, 9.17) is 18.9 Å². The van der Waals surface area contributed by atoms with Crippen molar-refractivity contribution >= 4 is 11.9 Å². The lowest BCUT2D eigenvalue weighted by Gasteiger charge is -2.26. The minimum Gasteiger partial charge on any atom is -0.490 e. The van der Waals surface area contributed by atoms with Gasteiger partial charge in [-0.3, -0.25) is 0 Å². The first-order valence-electron chi connectivity index (χ1n) is 10.8. The summed E-state index contributed by atoms with van der Waals surface area (Å²) < 4.78 is 21.5. The molecule has 0 amide bonds. The summed E-state index contributed by atoms with van der Waals surface area (Å²) in [4.78, 5) is 22.6. The van der Waals surface area contributed by atoms with E-state index < -0.39 is 11.9 Å². The predicted octanol–water partition coefficient (Wildman–Crippen LogP) is 5.01. The lowest BCUT2D eigenvalue weighted by Crippen LogP contribution is -2.21. The Kier molecular flexibility index (Phi) is 9.28. The molecule has 0 aromatic heterocycles. The molecule has 0 saturated carbocycles. The maximum absolute atomic E-state index is 11.4. The molecule has 33 heavy (non-hydrogen) atoms. The summed E-state index contributed by atoms with van der Waals surface area (Å²) in [7, 11) is 0. The van der Waals surface area contributed by atoms with Crippen LogP contribution in [-0.4, -0.2) is 37.9 Å². The molecule has 1 unspecified atom stereocenters. The largest absolute Gasteiger partial charge is 0.490 e. The van der Waals surface area contributed by atoms with Crippen LogP contribution < -0.4 is 9.47 Å². The summed E-state index contributed by atoms with van der Waals surface area (Å²) >= 11 is 0. The number of hydrogen-bond donors (Lipinski definition) is 0. The molecule has 6 nitrogen and oxygen atoms in total. The number of hydrogen-bond acceptors (Lipinski definition) is 6. The third-order valence-electron chi connectivity index (χ3n) is 5.05. The zero-order valence-corrected chi connectivity index (χ0v) is 19.8. The fourth-order valence-electron chi connectivity index (χ4n) is 3.01. The molecule has 2 aromatic rings. The summed E-state index contributed by atoms with van der Waals surface area (Å²) in [5, 5.41) is 0. The summed E-state index contributed by atoms with van der Waals surface area (Å²) in [6, 6.07) is 15.7. The van der Waals surface area contributed by atoms with E-state index in [1.807, 2.05) is 48.5 Å². The minimum absolute atomic E-state index is 0.169. The van der Waals surface area contributed by atoms with Crippen LogP contribution in [-0.2, 0) is 24.5 Å². The van der Waals surface area contributed by atoms with Crippen LogP contribution in [0.1, 0.15) is 38.8 Å². The van der Waals surface area contributed by atoms with Gasteiger partial charge in [0.1, 0.15) is 37.4 Å². The summed E-state index contributed by atoms with van der Waals surface area (Å²) in [6.07, 6.45) is 0.763. The van der Waals surface area contributed by atoms with Gasteiger partial charge < -0.3 is 18.9 Å². The number of benzene rings is 2. The van der Waals surface area contributed by atoms with Crippen molar-refractivity contribution in [2.75, 3.05) is 19.8 Å². The highest BCUT2D eigenvalue weighted by molar-refractivity contribution is 5.86. The third-order valence-corrected chi connectivity index (χ3v) is 5.05. The van der Waals surface area contributed by atoms with E-state index in [0.717, 1.165) is 17.2 Å². The molecule has 1 atom stereocenters. The second-order valence-corrected chi connectivity index (χ2v) is 8.20. The molecular weight excluding hydrogens is 420 g/mol. The smallest absolute Gasteiger partial charge is 0.333 e. The summed E-state index contributed by atoms with van der Waals surface area (Å²) in [5.41, 5.74) is 2.38. The minimum atomic E-state index is -0.467. The number of esters is 2. The quantitative estimate of drug-likeness (QED) is 0.256. The van der Waals surface area contributed by atoms with Crippen molar-refractivity contribution in [3.8, 4) is 11.5 Å². The highest BCUT2D eigenvalue weighted by Gasteiger charge is 2.23. The van der Waals surface area contributed by atoms with Crippen LogP contribution in [0.3, 0.4) is 0 Å². The van der Waals surface area contributed by atoms with Gasteiger partial charge in [0, 0.05) is 17.1 Å². The molecular formula is C27H32O6. The standard InChI is InChI=1S/C27H32O6/c1-7-25(28)33-20(4)18-32-24-14-10-22(11-15-24)27(5,6)21-8-12-23(13-9-21)30-16-17-31-26(29)19(2)3/h7-15,20H,1-2,16-18H2,3-6H3. The Morgan fingerprint density at radius 1 is 0.939 bits per heavy atom. The molecule has 2 aromatic carbocycles. The first-order chi connectivity index (χ1) is 15.6. The van der Waals surface area contributed by atoms with Crippen molar-refractivity contribution in [1.29, 1.82) is 0 Å². The van der Waals surface area contributed by atoms with E-state index in [-0.39, 0.29) is 31.3 Å². The molecule has 176 valence electrons. The molecule has 0 aliphatic carbocycles. The van der Waals surface area contributed by atoms with Gasteiger partial charge in [-0.15, -0.1) is 0 Å². The van der Waals surface area contributed by atoms with Crippen molar-refractivity contribution in [3.05, 3.63) is 84.5 Å². The Labute approximate surface area is 195 Å². The number of carbonyl (C=O) groups excluding carboxylic acids is 2. The zero-order valence-electron chi connectivity index (χ0n) is 19.8. The Morgan fingerprint density at radius 3 is 1.94 bits per heavy atom. The van der Waals surface area contributed by atoms with Crippen LogP contribution in [0.2, 0.25) is 0 Å². The molecule has 0 spiro atoms. The average molecular weight is 453 g/mol. The van der Waals surface area contributed by atoms with Crippen LogP contribution in [0.25, 0.3) is 0 Å². The Hall–Kier alpha value is -3.54. The van der Waals surface area contributed by atoms with Gasteiger partial charge in [0.2, 0.25) is 0 Å². The third kappa shape index (κ3) is 7.83. The van der Waals surface area contributed by atoms with E-state index >= 15 is 0 Å². The molecule has 0 radical (unpaired) electrons. The van der Waals surface area contributed by atoms with Crippen LogP contribution >= 0.6 is 0 Å². The SMILES string of the molecule is C=CC(=O)OC(C)COc1ccc(C(C)(C)c2ccc(OCCOC(=O)C(=C)C)cc2)cc1. The van der Waals surface area contributed by atoms with E-state index in [0.29, 0.717) is 17.1 Å². The van der Waals surface area contributed by atoms with Gasteiger partial charge in [0.25, 0.3) is 0 Å².